The molecular weight excluding hydrogens is 617 g/mol. The van der Waals surface area contributed by atoms with E-state index in [0.717, 1.165) is 41.8 Å². The molecule has 11 heteroatoms. The number of benzene rings is 3. The van der Waals surface area contributed by atoms with E-state index in [1.165, 1.54) is 11.0 Å². The van der Waals surface area contributed by atoms with E-state index < -0.39 is 28.5 Å². The normalized spacial score (nSPS) is 14.4. The molecule has 3 aromatic rings. The third-order valence-electron chi connectivity index (χ3n) is 7.43. The number of aryl methyl sites for hydroxylation is 1. The maximum atomic E-state index is 14.2. The quantitative estimate of drug-likeness (QED) is 0.260. The van der Waals surface area contributed by atoms with Crippen molar-refractivity contribution in [2.75, 3.05) is 17.1 Å². The van der Waals surface area contributed by atoms with Crippen LogP contribution >= 0.6 is 34.8 Å². The van der Waals surface area contributed by atoms with Gasteiger partial charge in [-0.2, -0.15) is 0 Å². The van der Waals surface area contributed by atoms with Crippen molar-refractivity contribution in [3.8, 4) is 0 Å². The third-order valence-corrected chi connectivity index (χ3v) is 9.53. The lowest BCUT2D eigenvalue weighted by atomic mass is 10.0. The van der Waals surface area contributed by atoms with E-state index in [1.807, 2.05) is 30.3 Å². The van der Waals surface area contributed by atoms with Gasteiger partial charge in [-0.3, -0.25) is 13.9 Å². The van der Waals surface area contributed by atoms with Crippen molar-refractivity contribution in [3.63, 3.8) is 0 Å². The Kier molecular flexibility index (Phi) is 10.8. The number of hydrogen-bond donors (Lipinski definition) is 1. The number of carbonyl (C=O) groups excluding carboxylic acids is 2. The van der Waals surface area contributed by atoms with Crippen molar-refractivity contribution in [2.45, 2.75) is 57.7 Å². The Bertz CT molecular complexity index is 1530. The highest BCUT2D eigenvalue weighted by molar-refractivity contribution is 7.92. The summed E-state index contributed by atoms with van der Waals surface area (Å²) in [6, 6.07) is 18.4. The minimum absolute atomic E-state index is 0.0113. The first-order valence-corrected chi connectivity index (χ1v) is 16.7. The molecular formula is C31H34Cl3N3O4S. The number of halogens is 3. The SMILES string of the molecule is Cc1ccc(Cl)cc1N(CC(=O)N(Cc1ccc(Cl)c(Cl)c1)C(Cc1ccccc1)C(=O)NC1CCCC1)S(C)(=O)=O. The van der Waals surface area contributed by atoms with Gasteiger partial charge in [0.1, 0.15) is 12.6 Å². The minimum atomic E-state index is -3.91. The van der Waals surface area contributed by atoms with Gasteiger partial charge in [-0.15, -0.1) is 0 Å². The Morgan fingerprint density at radius 1 is 0.929 bits per heavy atom. The maximum Gasteiger partial charge on any atom is 0.244 e. The smallest absolute Gasteiger partial charge is 0.244 e. The lowest BCUT2D eigenvalue weighted by Gasteiger charge is -2.34. The highest BCUT2D eigenvalue weighted by Crippen LogP contribution is 2.28. The highest BCUT2D eigenvalue weighted by Gasteiger charge is 2.34. The molecule has 0 radical (unpaired) electrons. The van der Waals surface area contributed by atoms with E-state index in [1.54, 1.807) is 37.3 Å². The average molecular weight is 651 g/mol. The Morgan fingerprint density at radius 2 is 1.62 bits per heavy atom. The first-order chi connectivity index (χ1) is 19.9. The van der Waals surface area contributed by atoms with Gasteiger partial charge in [0.25, 0.3) is 0 Å². The van der Waals surface area contributed by atoms with E-state index in [9.17, 15) is 18.0 Å². The van der Waals surface area contributed by atoms with Crippen molar-refractivity contribution in [2.24, 2.45) is 0 Å². The van der Waals surface area contributed by atoms with E-state index in [2.05, 4.69) is 5.32 Å². The second kappa shape index (κ2) is 14.1. The molecule has 4 rings (SSSR count). The molecule has 1 unspecified atom stereocenters. The zero-order chi connectivity index (χ0) is 30.4. The fourth-order valence-electron chi connectivity index (χ4n) is 5.20. The number of nitrogens with one attached hydrogen (secondary N) is 1. The van der Waals surface area contributed by atoms with E-state index in [4.69, 9.17) is 34.8 Å². The summed E-state index contributed by atoms with van der Waals surface area (Å²) in [4.78, 5) is 29.6. The van der Waals surface area contributed by atoms with Crippen LogP contribution in [-0.4, -0.2) is 50.0 Å². The first kappa shape index (κ1) is 32.1. The second-order valence-corrected chi connectivity index (χ2v) is 13.8. The molecule has 0 aromatic heterocycles. The number of carbonyl (C=O) groups is 2. The molecule has 1 atom stereocenters. The van der Waals surface area contributed by atoms with Gasteiger partial charge in [0.2, 0.25) is 21.8 Å². The van der Waals surface area contributed by atoms with Crippen LogP contribution in [0.25, 0.3) is 0 Å². The number of sulfonamides is 1. The minimum Gasteiger partial charge on any atom is -0.352 e. The summed E-state index contributed by atoms with van der Waals surface area (Å²) < 4.78 is 27.1. The molecule has 2 amide bonds. The van der Waals surface area contributed by atoms with Crippen LogP contribution in [0.1, 0.15) is 42.4 Å². The Balaban J connectivity index is 1.76. The van der Waals surface area contributed by atoms with Crippen molar-refractivity contribution in [1.29, 1.82) is 0 Å². The summed E-state index contributed by atoms with van der Waals surface area (Å²) >= 11 is 18.7. The van der Waals surface area contributed by atoms with Crippen LogP contribution in [0.5, 0.6) is 0 Å². The predicted octanol–water partition coefficient (Wildman–Crippen LogP) is 6.42. The number of nitrogens with zero attached hydrogens (tertiary/aromatic N) is 2. The van der Waals surface area contributed by atoms with Crippen LogP contribution in [0.3, 0.4) is 0 Å². The fraction of sp³-hybridized carbons (Fsp3) is 0.355. The first-order valence-electron chi connectivity index (χ1n) is 13.7. The highest BCUT2D eigenvalue weighted by atomic mass is 35.5. The standard InChI is InChI=1S/C31H34Cl3N3O4S/c1-21-12-14-24(32)18-28(21)37(42(2,40)41)20-30(38)36(19-23-13-15-26(33)27(34)16-23)29(17-22-8-4-3-5-9-22)31(39)35-25-10-6-7-11-25/h3-5,8-9,12-16,18,25,29H,6-7,10-11,17,19-20H2,1-2H3,(H,35,39). The maximum absolute atomic E-state index is 14.2. The second-order valence-electron chi connectivity index (χ2n) is 10.7. The van der Waals surface area contributed by atoms with E-state index >= 15 is 0 Å². The number of amides is 2. The monoisotopic (exact) mass is 649 g/mol. The zero-order valence-electron chi connectivity index (χ0n) is 23.5. The zero-order valence-corrected chi connectivity index (χ0v) is 26.6. The predicted molar refractivity (Wildman–Crippen MR) is 170 cm³/mol. The summed E-state index contributed by atoms with van der Waals surface area (Å²) in [5, 5.41) is 4.15. The van der Waals surface area contributed by atoms with Crippen LogP contribution in [0.2, 0.25) is 15.1 Å². The van der Waals surface area contributed by atoms with Gasteiger partial charge in [0.05, 0.1) is 22.0 Å². The Labute approximate surface area is 262 Å². The molecule has 42 heavy (non-hydrogen) atoms. The molecule has 1 aliphatic carbocycles. The number of rotatable bonds is 11. The molecule has 1 fully saturated rings. The molecule has 224 valence electrons. The molecule has 7 nitrogen and oxygen atoms in total. The van der Waals surface area contributed by atoms with Crippen LogP contribution in [0.15, 0.2) is 66.7 Å². The van der Waals surface area contributed by atoms with E-state index in [-0.39, 0.29) is 24.9 Å². The van der Waals surface area contributed by atoms with Gasteiger partial charge in [-0.1, -0.05) is 90.1 Å². The van der Waals surface area contributed by atoms with Gasteiger partial charge >= 0.3 is 0 Å². The molecule has 1 saturated carbocycles. The van der Waals surface area contributed by atoms with Gasteiger partial charge in [0.15, 0.2) is 0 Å². The molecule has 0 saturated heterocycles. The lowest BCUT2D eigenvalue weighted by Crippen LogP contribution is -2.54. The van der Waals surface area contributed by atoms with Crippen molar-refractivity contribution >= 4 is 62.3 Å². The van der Waals surface area contributed by atoms with Crippen LogP contribution in [-0.2, 0) is 32.6 Å². The molecule has 0 spiro atoms. The summed E-state index contributed by atoms with van der Waals surface area (Å²) in [6.45, 7) is 1.23. The Morgan fingerprint density at radius 3 is 2.26 bits per heavy atom. The van der Waals surface area contributed by atoms with Crippen molar-refractivity contribution in [1.82, 2.24) is 10.2 Å². The third kappa shape index (κ3) is 8.40. The molecule has 0 aliphatic heterocycles. The van der Waals surface area contributed by atoms with Crippen LogP contribution in [0, 0.1) is 6.92 Å². The molecule has 1 N–H and O–H groups in total. The van der Waals surface area contributed by atoms with Crippen molar-refractivity contribution in [3.05, 3.63) is 98.5 Å². The van der Waals surface area contributed by atoms with E-state index in [0.29, 0.717) is 31.9 Å². The molecule has 0 bridgehead atoms. The Hall–Kier alpha value is -2.78. The topological polar surface area (TPSA) is 86.8 Å². The summed E-state index contributed by atoms with van der Waals surface area (Å²) in [6.07, 6.45) is 5.09. The number of anilines is 1. The molecule has 1 aliphatic rings. The summed E-state index contributed by atoms with van der Waals surface area (Å²) in [7, 11) is -3.91. The average Bonchev–Trinajstić information content (AvgIpc) is 3.45. The van der Waals surface area contributed by atoms with Gasteiger partial charge in [0, 0.05) is 24.0 Å². The van der Waals surface area contributed by atoms with Crippen LogP contribution < -0.4 is 9.62 Å². The lowest BCUT2D eigenvalue weighted by molar-refractivity contribution is -0.140. The van der Waals surface area contributed by atoms with Gasteiger partial charge in [-0.05, 0) is 60.7 Å². The van der Waals surface area contributed by atoms with Crippen LogP contribution in [0.4, 0.5) is 5.69 Å². The van der Waals surface area contributed by atoms with Gasteiger partial charge < -0.3 is 10.2 Å². The largest absolute Gasteiger partial charge is 0.352 e. The fourth-order valence-corrected chi connectivity index (χ4v) is 6.59. The van der Waals surface area contributed by atoms with Crippen molar-refractivity contribution < 1.29 is 18.0 Å². The summed E-state index contributed by atoms with van der Waals surface area (Å²) in [5.74, 6) is -0.836. The summed E-state index contributed by atoms with van der Waals surface area (Å²) in [5.41, 5.74) is 2.44. The molecule has 3 aromatic carbocycles. The number of hydrogen-bond acceptors (Lipinski definition) is 4. The van der Waals surface area contributed by atoms with Gasteiger partial charge in [-0.25, -0.2) is 8.42 Å². The molecule has 0 heterocycles.